The smallest absolute Gasteiger partial charge is 0.251 e. The van der Waals surface area contributed by atoms with Crippen molar-refractivity contribution in [3.63, 3.8) is 0 Å². The van der Waals surface area contributed by atoms with Gasteiger partial charge in [0.1, 0.15) is 0 Å². The largest absolute Gasteiger partial charge is 0.490 e. The van der Waals surface area contributed by atoms with Gasteiger partial charge in [0.25, 0.3) is 5.91 Å². The Morgan fingerprint density at radius 1 is 0.969 bits per heavy atom. The molecule has 172 valence electrons. The molecule has 4 rings (SSSR count). The van der Waals surface area contributed by atoms with E-state index in [9.17, 15) is 13.2 Å². The van der Waals surface area contributed by atoms with Crippen LogP contribution in [-0.2, 0) is 10.0 Å². The van der Waals surface area contributed by atoms with E-state index in [1.807, 2.05) is 25.1 Å². The maximum atomic E-state index is 13.2. The monoisotopic (exact) mass is 458 g/mol. The van der Waals surface area contributed by atoms with Crippen molar-refractivity contribution in [3.8, 4) is 11.5 Å². The molecule has 1 fully saturated rings. The molecule has 0 aromatic heterocycles. The molecule has 1 unspecified atom stereocenters. The molecule has 0 aliphatic carbocycles. The highest BCUT2D eigenvalue weighted by molar-refractivity contribution is 7.89. The molecule has 0 radical (unpaired) electrons. The summed E-state index contributed by atoms with van der Waals surface area (Å²) in [5, 5.41) is 2.97. The zero-order valence-corrected chi connectivity index (χ0v) is 19.4. The Kier molecular flexibility index (Phi) is 6.71. The van der Waals surface area contributed by atoms with Gasteiger partial charge in [-0.15, -0.1) is 0 Å². The molecular formula is C24H30N2O5S. The van der Waals surface area contributed by atoms with Crippen molar-refractivity contribution < 1.29 is 22.7 Å². The number of nitrogens with one attached hydrogen (secondary N) is 1. The Morgan fingerprint density at radius 2 is 1.69 bits per heavy atom. The Bertz CT molecular complexity index is 1090. The highest BCUT2D eigenvalue weighted by Gasteiger charge is 2.28. The number of piperidine rings is 1. The van der Waals surface area contributed by atoms with Gasteiger partial charge in [-0.1, -0.05) is 18.6 Å². The normalized spacial score (nSPS) is 17.9. The second-order valence-electron chi connectivity index (χ2n) is 8.40. The van der Waals surface area contributed by atoms with Crippen molar-refractivity contribution in [2.45, 2.75) is 50.5 Å². The standard InChI is InChI=1S/C24H30N2O5S/c1-17-7-8-20(16-23(17)32(28,29)26-11-4-3-5-12-26)24(27)25-18(2)19-9-10-21-22(15-19)31-14-6-13-30-21/h7-10,15-16,18H,3-6,11-14H2,1-2H3,(H,25,27). The van der Waals surface area contributed by atoms with E-state index < -0.39 is 10.0 Å². The lowest BCUT2D eigenvalue weighted by molar-refractivity contribution is 0.0939. The predicted octanol–water partition coefficient (Wildman–Crippen LogP) is 3.82. The molecule has 2 aromatic carbocycles. The van der Waals surface area contributed by atoms with Crippen molar-refractivity contribution in [3.05, 3.63) is 53.1 Å². The molecule has 2 aromatic rings. The number of sulfonamides is 1. The minimum absolute atomic E-state index is 0.204. The van der Waals surface area contributed by atoms with Crippen LogP contribution in [0.25, 0.3) is 0 Å². The zero-order chi connectivity index (χ0) is 22.7. The second-order valence-corrected chi connectivity index (χ2v) is 10.3. The number of amides is 1. The lowest BCUT2D eigenvalue weighted by Gasteiger charge is -2.26. The van der Waals surface area contributed by atoms with Gasteiger partial charge in [-0.25, -0.2) is 8.42 Å². The molecule has 7 nitrogen and oxygen atoms in total. The van der Waals surface area contributed by atoms with Crippen LogP contribution in [0.4, 0.5) is 0 Å². The summed E-state index contributed by atoms with van der Waals surface area (Å²) in [7, 11) is -3.62. The summed E-state index contributed by atoms with van der Waals surface area (Å²) in [5.41, 5.74) is 1.85. The summed E-state index contributed by atoms with van der Waals surface area (Å²) in [6.45, 7) is 5.91. The fraction of sp³-hybridized carbons (Fsp3) is 0.458. The number of rotatable bonds is 5. The number of nitrogens with zero attached hydrogens (tertiary/aromatic N) is 1. The van der Waals surface area contributed by atoms with Crippen molar-refractivity contribution in [2.24, 2.45) is 0 Å². The molecule has 2 heterocycles. The molecule has 2 aliphatic heterocycles. The Morgan fingerprint density at radius 3 is 2.44 bits per heavy atom. The van der Waals surface area contributed by atoms with Gasteiger partial charge in [0.15, 0.2) is 11.5 Å². The molecule has 2 aliphatic rings. The molecule has 1 atom stereocenters. The molecule has 0 bridgehead atoms. The summed E-state index contributed by atoms with van der Waals surface area (Å²) in [4.78, 5) is 13.2. The highest BCUT2D eigenvalue weighted by Crippen LogP contribution is 2.32. The average molecular weight is 459 g/mol. The van der Waals surface area contributed by atoms with Crippen molar-refractivity contribution in [2.75, 3.05) is 26.3 Å². The number of ether oxygens (including phenoxy) is 2. The summed E-state index contributed by atoms with van der Waals surface area (Å²) in [6.07, 6.45) is 3.61. The summed E-state index contributed by atoms with van der Waals surface area (Å²) < 4.78 is 39.3. The summed E-state index contributed by atoms with van der Waals surface area (Å²) in [5.74, 6) is 1.06. The van der Waals surface area contributed by atoms with Gasteiger partial charge < -0.3 is 14.8 Å². The first-order chi connectivity index (χ1) is 15.4. The average Bonchev–Trinajstić information content (AvgIpc) is 3.04. The molecule has 1 saturated heterocycles. The minimum Gasteiger partial charge on any atom is -0.490 e. The van der Waals surface area contributed by atoms with Crippen LogP contribution in [0.2, 0.25) is 0 Å². The molecular weight excluding hydrogens is 428 g/mol. The number of fused-ring (bicyclic) bond motifs is 1. The van der Waals surface area contributed by atoms with Crippen molar-refractivity contribution >= 4 is 15.9 Å². The first-order valence-corrected chi connectivity index (χ1v) is 12.6. The molecule has 1 amide bonds. The first kappa shape index (κ1) is 22.6. The van der Waals surface area contributed by atoms with E-state index in [-0.39, 0.29) is 16.8 Å². The van der Waals surface area contributed by atoms with Crippen LogP contribution in [0.5, 0.6) is 11.5 Å². The van der Waals surface area contributed by atoms with Crippen LogP contribution >= 0.6 is 0 Å². The number of aryl methyl sites for hydroxylation is 1. The van der Waals surface area contributed by atoms with Gasteiger partial charge in [0, 0.05) is 25.1 Å². The number of hydrogen-bond donors (Lipinski definition) is 1. The summed E-state index contributed by atoms with van der Waals surface area (Å²) >= 11 is 0. The molecule has 0 saturated carbocycles. The lowest BCUT2D eigenvalue weighted by Crippen LogP contribution is -2.36. The van der Waals surface area contributed by atoms with Gasteiger partial charge in [-0.2, -0.15) is 4.31 Å². The number of carbonyl (C=O) groups excluding carboxylic acids is 1. The third-order valence-electron chi connectivity index (χ3n) is 6.00. The van der Waals surface area contributed by atoms with Crippen LogP contribution in [0.15, 0.2) is 41.3 Å². The summed E-state index contributed by atoms with van der Waals surface area (Å²) in [6, 6.07) is 10.2. The van der Waals surface area contributed by atoms with Crippen LogP contribution in [0.3, 0.4) is 0 Å². The van der Waals surface area contributed by atoms with E-state index >= 15 is 0 Å². The van der Waals surface area contributed by atoms with Crippen LogP contribution in [0, 0.1) is 6.92 Å². The third kappa shape index (κ3) is 4.76. The maximum Gasteiger partial charge on any atom is 0.251 e. The topological polar surface area (TPSA) is 84.9 Å². The number of carbonyl (C=O) groups is 1. The lowest BCUT2D eigenvalue weighted by atomic mass is 10.1. The van der Waals surface area contributed by atoms with Gasteiger partial charge in [-0.3, -0.25) is 4.79 Å². The van der Waals surface area contributed by atoms with Crippen LogP contribution in [0.1, 0.15) is 60.1 Å². The predicted molar refractivity (Wildman–Crippen MR) is 122 cm³/mol. The van der Waals surface area contributed by atoms with Crippen molar-refractivity contribution in [1.82, 2.24) is 9.62 Å². The van der Waals surface area contributed by atoms with E-state index in [0.29, 0.717) is 48.9 Å². The van der Waals surface area contributed by atoms with Gasteiger partial charge in [0.05, 0.1) is 24.2 Å². The fourth-order valence-electron chi connectivity index (χ4n) is 4.08. The molecule has 8 heteroatoms. The van der Waals surface area contributed by atoms with Gasteiger partial charge >= 0.3 is 0 Å². The van der Waals surface area contributed by atoms with Crippen molar-refractivity contribution in [1.29, 1.82) is 0 Å². The van der Waals surface area contributed by atoms with E-state index in [4.69, 9.17) is 9.47 Å². The molecule has 0 spiro atoms. The van der Waals surface area contributed by atoms with Gasteiger partial charge in [0.2, 0.25) is 10.0 Å². The van der Waals surface area contributed by atoms with Gasteiger partial charge in [-0.05, 0) is 62.1 Å². The molecule has 32 heavy (non-hydrogen) atoms. The van der Waals surface area contributed by atoms with E-state index in [0.717, 1.165) is 31.2 Å². The quantitative estimate of drug-likeness (QED) is 0.736. The third-order valence-corrected chi connectivity index (χ3v) is 8.04. The van der Waals surface area contributed by atoms with Crippen LogP contribution in [-0.4, -0.2) is 44.9 Å². The number of hydrogen-bond acceptors (Lipinski definition) is 5. The highest BCUT2D eigenvalue weighted by atomic mass is 32.2. The first-order valence-electron chi connectivity index (χ1n) is 11.2. The maximum absolute atomic E-state index is 13.2. The van der Waals surface area contributed by atoms with Crippen LogP contribution < -0.4 is 14.8 Å². The van der Waals surface area contributed by atoms with E-state index in [2.05, 4.69) is 5.32 Å². The van der Waals surface area contributed by atoms with E-state index in [1.54, 1.807) is 19.1 Å². The SMILES string of the molecule is Cc1ccc(C(=O)NC(C)c2ccc3c(c2)OCCCO3)cc1S(=O)(=O)N1CCCCC1. The minimum atomic E-state index is -3.62. The second kappa shape index (κ2) is 9.50. The fourth-order valence-corrected chi connectivity index (χ4v) is 5.84. The zero-order valence-electron chi connectivity index (χ0n) is 18.6. The Balaban J connectivity index is 1.52. The Labute approximate surface area is 189 Å². The van der Waals surface area contributed by atoms with E-state index in [1.165, 1.54) is 10.4 Å². The Hall–Kier alpha value is -2.58. The molecule has 1 N–H and O–H groups in total. The number of benzene rings is 2.